The number of fused-ring (bicyclic) bond motifs is 1. The number of anilines is 1. The third-order valence-electron chi connectivity index (χ3n) is 4.72. The molecule has 8 heteroatoms. The zero-order valence-electron chi connectivity index (χ0n) is 14.2. The van der Waals surface area contributed by atoms with Crippen LogP contribution in [0.4, 0.5) is 5.69 Å². The van der Waals surface area contributed by atoms with Crippen molar-refractivity contribution < 1.29 is 14.4 Å². The van der Waals surface area contributed by atoms with Crippen LogP contribution in [0.2, 0.25) is 10.0 Å². The number of amides is 3. The Labute approximate surface area is 161 Å². The lowest BCUT2D eigenvalue weighted by Crippen LogP contribution is -2.50. The fraction of sp³-hybridized carbons (Fsp3) is 0.389. The van der Waals surface area contributed by atoms with Gasteiger partial charge in [-0.25, -0.2) is 0 Å². The highest BCUT2D eigenvalue weighted by molar-refractivity contribution is 6.42. The van der Waals surface area contributed by atoms with Gasteiger partial charge in [0.1, 0.15) is 0 Å². The second-order valence-electron chi connectivity index (χ2n) is 6.28. The van der Waals surface area contributed by atoms with Crippen LogP contribution in [0.3, 0.4) is 0 Å². The maximum Gasteiger partial charge on any atom is 0.246 e. The van der Waals surface area contributed by atoms with Gasteiger partial charge < -0.3 is 14.7 Å². The van der Waals surface area contributed by atoms with Gasteiger partial charge in [-0.2, -0.15) is 0 Å². The summed E-state index contributed by atoms with van der Waals surface area (Å²) in [6, 6.07) is 3.38. The second-order valence-corrected chi connectivity index (χ2v) is 7.09. The van der Waals surface area contributed by atoms with Crippen LogP contribution in [0.1, 0.15) is 12.0 Å². The van der Waals surface area contributed by atoms with E-state index in [0.29, 0.717) is 42.8 Å². The number of hydrogen-bond donors (Lipinski definition) is 0. The molecule has 3 rings (SSSR count). The largest absolute Gasteiger partial charge is 0.339 e. The van der Waals surface area contributed by atoms with Crippen LogP contribution in [-0.2, 0) is 20.8 Å². The smallest absolute Gasteiger partial charge is 0.246 e. The Morgan fingerprint density at radius 2 is 1.69 bits per heavy atom. The lowest BCUT2D eigenvalue weighted by Gasteiger charge is -2.34. The molecule has 2 aliphatic rings. The minimum atomic E-state index is -0.119. The minimum Gasteiger partial charge on any atom is -0.339 e. The minimum absolute atomic E-state index is 0.0305. The molecular weight excluding hydrogens is 377 g/mol. The van der Waals surface area contributed by atoms with E-state index in [1.807, 2.05) is 0 Å². The molecule has 0 aliphatic carbocycles. The Balaban J connectivity index is 1.58. The predicted octanol–water partition coefficient (Wildman–Crippen LogP) is 2.13. The second kappa shape index (κ2) is 7.68. The lowest BCUT2D eigenvalue weighted by atomic mass is 10.2. The van der Waals surface area contributed by atoms with Crippen LogP contribution in [0.5, 0.6) is 0 Å². The van der Waals surface area contributed by atoms with Crippen LogP contribution >= 0.6 is 23.2 Å². The molecule has 1 aromatic rings. The number of halogens is 2. The summed E-state index contributed by atoms with van der Waals surface area (Å²) in [5.74, 6) is -0.212. The normalized spacial score (nSPS) is 16.7. The average molecular weight is 396 g/mol. The van der Waals surface area contributed by atoms with Gasteiger partial charge >= 0.3 is 0 Å². The quantitative estimate of drug-likeness (QED) is 0.733. The van der Waals surface area contributed by atoms with Gasteiger partial charge in [-0.05, 0) is 23.8 Å². The molecule has 0 radical (unpaired) electrons. The summed E-state index contributed by atoms with van der Waals surface area (Å²) in [5.41, 5.74) is 1.55. The van der Waals surface area contributed by atoms with Crippen LogP contribution in [0.15, 0.2) is 24.8 Å². The third kappa shape index (κ3) is 3.71. The first-order valence-corrected chi connectivity index (χ1v) is 9.13. The highest BCUT2D eigenvalue weighted by atomic mass is 35.5. The van der Waals surface area contributed by atoms with E-state index in [4.69, 9.17) is 23.2 Å². The van der Waals surface area contributed by atoms with Crippen molar-refractivity contribution in [3.8, 4) is 0 Å². The van der Waals surface area contributed by atoms with E-state index in [1.54, 1.807) is 26.8 Å². The van der Waals surface area contributed by atoms with Crippen LogP contribution in [-0.4, -0.2) is 60.2 Å². The Morgan fingerprint density at radius 3 is 2.35 bits per heavy atom. The zero-order chi connectivity index (χ0) is 18.8. The van der Waals surface area contributed by atoms with Crippen molar-refractivity contribution in [3.63, 3.8) is 0 Å². The van der Waals surface area contributed by atoms with Crippen LogP contribution in [0.25, 0.3) is 0 Å². The Bertz CT molecular complexity index is 773. The van der Waals surface area contributed by atoms with E-state index in [1.165, 1.54) is 6.08 Å². The molecule has 26 heavy (non-hydrogen) atoms. The highest BCUT2D eigenvalue weighted by Crippen LogP contribution is 2.36. The van der Waals surface area contributed by atoms with Crippen molar-refractivity contribution >= 4 is 46.6 Å². The Morgan fingerprint density at radius 1 is 1.08 bits per heavy atom. The van der Waals surface area contributed by atoms with E-state index in [-0.39, 0.29) is 30.6 Å². The van der Waals surface area contributed by atoms with Gasteiger partial charge in [0.25, 0.3) is 0 Å². The molecule has 0 N–H and O–H groups in total. The predicted molar refractivity (Wildman–Crippen MR) is 100 cm³/mol. The summed E-state index contributed by atoms with van der Waals surface area (Å²) < 4.78 is 0. The molecule has 2 heterocycles. The van der Waals surface area contributed by atoms with Crippen molar-refractivity contribution in [2.45, 2.75) is 12.8 Å². The number of carbonyl (C=O) groups excluding carboxylic acids is 3. The molecular formula is C18H19Cl2N3O3. The SMILES string of the molecule is C=CC(=O)N1CCN(C(=O)CCN2C(=O)Cc3cc(Cl)c(Cl)cc32)CC1. The van der Waals surface area contributed by atoms with Crippen LogP contribution in [0, 0.1) is 0 Å². The van der Waals surface area contributed by atoms with Crippen molar-refractivity contribution in [1.29, 1.82) is 0 Å². The molecule has 0 bridgehead atoms. The molecule has 1 aromatic carbocycles. The molecule has 3 amide bonds. The first-order valence-electron chi connectivity index (χ1n) is 8.38. The van der Waals surface area contributed by atoms with Crippen molar-refractivity contribution in [1.82, 2.24) is 9.80 Å². The van der Waals surface area contributed by atoms with Gasteiger partial charge in [-0.1, -0.05) is 29.8 Å². The lowest BCUT2D eigenvalue weighted by molar-refractivity contribution is -0.137. The number of rotatable bonds is 4. The summed E-state index contributed by atoms with van der Waals surface area (Å²) in [5, 5.41) is 0.808. The standard InChI is InChI=1S/C18H19Cl2N3O3/c1-2-16(24)21-5-7-22(8-6-21)17(25)3-4-23-15-11-14(20)13(19)9-12(15)10-18(23)26/h2,9,11H,1,3-8,10H2. The topological polar surface area (TPSA) is 60.9 Å². The summed E-state index contributed by atoms with van der Waals surface area (Å²) >= 11 is 12.1. The van der Waals surface area contributed by atoms with Crippen molar-refractivity contribution in [3.05, 3.63) is 40.4 Å². The Hall–Kier alpha value is -2.05. The van der Waals surface area contributed by atoms with Crippen molar-refractivity contribution in [2.75, 3.05) is 37.6 Å². The summed E-state index contributed by atoms with van der Waals surface area (Å²) in [4.78, 5) is 41.3. The van der Waals surface area contributed by atoms with Gasteiger partial charge in [0.2, 0.25) is 17.7 Å². The Kier molecular flexibility index (Phi) is 5.53. The van der Waals surface area contributed by atoms with Gasteiger partial charge in [0, 0.05) is 44.8 Å². The monoisotopic (exact) mass is 395 g/mol. The average Bonchev–Trinajstić information content (AvgIpc) is 2.93. The fourth-order valence-corrected chi connectivity index (χ4v) is 3.62. The molecule has 0 unspecified atom stereocenters. The number of benzene rings is 1. The molecule has 6 nitrogen and oxygen atoms in total. The molecule has 2 aliphatic heterocycles. The molecule has 0 aromatic heterocycles. The molecule has 0 saturated carbocycles. The molecule has 138 valence electrons. The van der Waals surface area contributed by atoms with Gasteiger partial charge in [-0.15, -0.1) is 0 Å². The van der Waals surface area contributed by atoms with E-state index < -0.39 is 0 Å². The summed E-state index contributed by atoms with van der Waals surface area (Å²) in [7, 11) is 0. The third-order valence-corrected chi connectivity index (χ3v) is 5.45. The first-order chi connectivity index (χ1) is 12.4. The fourth-order valence-electron chi connectivity index (χ4n) is 3.28. The number of piperazine rings is 1. The molecule has 0 atom stereocenters. The molecule has 1 fully saturated rings. The first kappa shape index (κ1) is 18.7. The van der Waals surface area contributed by atoms with E-state index in [2.05, 4.69) is 6.58 Å². The summed E-state index contributed by atoms with van der Waals surface area (Å²) in [6.45, 7) is 5.75. The highest BCUT2D eigenvalue weighted by Gasteiger charge is 2.30. The van der Waals surface area contributed by atoms with E-state index in [0.717, 1.165) is 11.3 Å². The maximum absolute atomic E-state index is 12.5. The number of nitrogens with zero attached hydrogens (tertiary/aromatic N) is 3. The van der Waals surface area contributed by atoms with Gasteiger partial charge in [-0.3, -0.25) is 14.4 Å². The van der Waals surface area contributed by atoms with E-state index in [9.17, 15) is 14.4 Å². The number of hydrogen-bond acceptors (Lipinski definition) is 3. The van der Waals surface area contributed by atoms with Crippen molar-refractivity contribution in [2.24, 2.45) is 0 Å². The zero-order valence-corrected chi connectivity index (χ0v) is 15.7. The van der Waals surface area contributed by atoms with E-state index >= 15 is 0 Å². The maximum atomic E-state index is 12.5. The van der Waals surface area contributed by atoms with Crippen LogP contribution < -0.4 is 4.90 Å². The summed E-state index contributed by atoms with van der Waals surface area (Å²) in [6.07, 6.45) is 1.77. The number of carbonyl (C=O) groups is 3. The van der Waals surface area contributed by atoms with Gasteiger partial charge in [0.15, 0.2) is 0 Å². The van der Waals surface area contributed by atoms with Gasteiger partial charge in [0.05, 0.1) is 16.5 Å². The molecule has 1 saturated heterocycles. The molecule has 0 spiro atoms.